The summed E-state index contributed by atoms with van der Waals surface area (Å²) in [5.74, 6) is 6.04. The van der Waals surface area contributed by atoms with Crippen molar-refractivity contribution >= 4 is 0 Å². The molecule has 18 heavy (non-hydrogen) atoms. The molecule has 0 aromatic heterocycles. The summed E-state index contributed by atoms with van der Waals surface area (Å²) in [6, 6.07) is 7.90. The highest BCUT2D eigenvalue weighted by atomic mass is 16.5. The number of hydrogen-bond acceptors (Lipinski definition) is 3. The molecule has 0 saturated carbocycles. The topological polar surface area (TPSA) is 38.7 Å². The fourth-order valence-corrected chi connectivity index (χ4v) is 1.88. The van der Waals surface area contributed by atoms with Gasteiger partial charge in [0.15, 0.2) is 0 Å². The summed E-state index contributed by atoms with van der Waals surface area (Å²) in [6.45, 7) is 2.99. The smallest absolute Gasteiger partial charge is 0.104 e. The van der Waals surface area contributed by atoms with Crippen LogP contribution in [0.5, 0.6) is 0 Å². The Kier molecular flexibility index (Phi) is 5.22. The van der Waals surface area contributed by atoms with Crippen molar-refractivity contribution in [1.29, 1.82) is 0 Å². The second kappa shape index (κ2) is 7.17. The van der Waals surface area contributed by atoms with Gasteiger partial charge in [-0.1, -0.05) is 24.0 Å². The van der Waals surface area contributed by atoms with E-state index >= 15 is 0 Å². The van der Waals surface area contributed by atoms with Crippen LogP contribution in [-0.4, -0.2) is 31.5 Å². The molecule has 1 unspecified atom stereocenters. The molecule has 0 aliphatic carbocycles. The average Bonchev–Trinajstić information content (AvgIpc) is 2.91. The molecule has 1 heterocycles. The van der Waals surface area contributed by atoms with E-state index in [1.54, 1.807) is 0 Å². The van der Waals surface area contributed by atoms with Crippen molar-refractivity contribution in [2.45, 2.75) is 13.0 Å². The van der Waals surface area contributed by atoms with Gasteiger partial charge in [-0.3, -0.25) is 0 Å². The summed E-state index contributed by atoms with van der Waals surface area (Å²) in [6.07, 6.45) is 1.11. The van der Waals surface area contributed by atoms with Gasteiger partial charge in [0, 0.05) is 18.1 Å². The third-order valence-electron chi connectivity index (χ3n) is 2.91. The maximum Gasteiger partial charge on any atom is 0.104 e. The van der Waals surface area contributed by atoms with Crippen LogP contribution in [0.15, 0.2) is 24.3 Å². The lowest BCUT2D eigenvalue weighted by molar-refractivity contribution is 0.0791. The van der Waals surface area contributed by atoms with E-state index in [9.17, 15) is 0 Å². The van der Waals surface area contributed by atoms with Crippen molar-refractivity contribution in [3.05, 3.63) is 35.4 Å². The lowest BCUT2D eigenvalue weighted by Crippen LogP contribution is -2.09. The molecule has 2 rings (SSSR count). The highest BCUT2D eigenvalue weighted by Gasteiger charge is 2.15. The monoisotopic (exact) mass is 246 g/mol. The summed E-state index contributed by atoms with van der Waals surface area (Å²) in [7, 11) is 0. The Labute approximate surface area is 108 Å². The molecular formula is C15H18O3. The van der Waals surface area contributed by atoms with Crippen molar-refractivity contribution in [3.8, 4) is 11.8 Å². The van der Waals surface area contributed by atoms with Crippen LogP contribution in [0, 0.1) is 17.8 Å². The van der Waals surface area contributed by atoms with E-state index in [1.165, 1.54) is 0 Å². The van der Waals surface area contributed by atoms with Crippen LogP contribution in [0.2, 0.25) is 0 Å². The Morgan fingerprint density at radius 3 is 2.83 bits per heavy atom. The van der Waals surface area contributed by atoms with Gasteiger partial charge in [-0.15, -0.1) is 0 Å². The van der Waals surface area contributed by atoms with Crippen LogP contribution in [0.1, 0.15) is 17.5 Å². The van der Waals surface area contributed by atoms with Gasteiger partial charge < -0.3 is 14.6 Å². The van der Waals surface area contributed by atoms with Gasteiger partial charge in [-0.25, -0.2) is 0 Å². The van der Waals surface area contributed by atoms with Crippen LogP contribution in [0.25, 0.3) is 0 Å². The van der Waals surface area contributed by atoms with E-state index < -0.39 is 0 Å². The number of benzene rings is 1. The van der Waals surface area contributed by atoms with Gasteiger partial charge >= 0.3 is 0 Å². The van der Waals surface area contributed by atoms with Gasteiger partial charge in [0.1, 0.15) is 6.61 Å². The summed E-state index contributed by atoms with van der Waals surface area (Å²) in [5, 5.41) is 8.60. The third kappa shape index (κ3) is 4.15. The second-order valence-electron chi connectivity index (χ2n) is 4.40. The molecule has 0 bridgehead atoms. The van der Waals surface area contributed by atoms with Crippen LogP contribution >= 0.6 is 0 Å². The molecule has 3 heteroatoms. The lowest BCUT2D eigenvalue weighted by Gasteiger charge is -2.08. The van der Waals surface area contributed by atoms with E-state index in [2.05, 4.69) is 11.8 Å². The Bertz CT molecular complexity index is 408. The Hall–Kier alpha value is -1.34. The zero-order valence-electron chi connectivity index (χ0n) is 10.4. The molecule has 1 aliphatic heterocycles. The van der Waals surface area contributed by atoms with E-state index in [-0.39, 0.29) is 6.61 Å². The molecule has 0 amide bonds. The fraction of sp³-hybridized carbons (Fsp3) is 0.467. The minimum Gasteiger partial charge on any atom is -0.384 e. The van der Waals surface area contributed by atoms with Crippen molar-refractivity contribution in [1.82, 2.24) is 0 Å². The standard InChI is InChI=1S/C15H18O3/c16-8-1-2-13-3-5-14(6-4-13)10-18-12-15-7-9-17-11-15/h3-6,15-16H,7-12H2. The highest BCUT2D eigenvalue weighted by molar-refractivity contribution is 5.35. The van der Waals surface area contributed by atoms with Crippen molar-refractivity contribution in [2.75, 3.05) is 26.4 Å². The highest BCUT2D eigenvalue weighted by Crippen LogP contribution is 2.13. The summed E-state index contributed by atoms with van der Waals surface area (Å²) in [5.41, 5.74) is 2.06. The minimum absolute atomic E-state index is 0.103. The summed E-state index contributed by atoms with van der Waals surface area (Å²) >= 11 is 0. The van der Waals surface area contributed by atoms with E-state index in [1.807, 2.05) is 24.3 Å². The molecular weight excluding hydrogens is 228 g/mol. The molecule has 1 saturated heterocycles. The van der Waals surface area contributed by atoms with Crippen molar-refractivity contribution in [3.63, 3.8) is 0 Å². The van der Waals surface area contributed by atoms with Crippen molar-refractivity contribution in [2.24, 2.45) is 5.92 Å². The molecule has 96 valence electrons. The lowest BCUT2D eigenvalue weighted by atomic mass is 10.1. The number of hydrogen-bond donors (Lipinski definition) is 1. The van der Waals surface area contributed by atoms with Gasteiger partial charge in [-0.2, -0.15) is 0 Å². The van der Waals surface area contributed by atoms with Gasteiger partial charge in [0.05, 0.1) is 19.8 Å². The Balaban J connectivity index is 1.75. The Morgan fingerprint density at radius 1 is 1.33 bits per heavy atom. The second-order valence-corrected chi connectivity index (χ2v) is 4.40. The zero-order chi connectivity index (χ0) is 12.6. The number of aliphatic hydroxyl groups is 1. The molecule has 1 aliphatic rings. The summed E-state index contributed by atoms with van der Waals surface area (Å²) < 4.78 is 11.0. The predicted molar refractivity (Wildman–Crippen MR) is 69.0 cm³/mol. The Morgan fingerprint density at radius 2 is 2.17 bits per heavy atom. The predicted octanol–water partition coefficient (Wildman–Crippen LogP) is 1.58. The number of rotatable bonds is 4. The first-order chi connectivity index (χ1) is 8.88. The molecule has 3 nitrogen and oxygen atoms in total. The van der Waals surface area contributed by atoms with Gasteiger partial charge in [0.25, 0.3) is 0 Å². The van der Waals surface area contributed by atoms with Crippen LogP contribution in [-0.2, 0) is 16.1 Å². The molecule has 1 aromatic rings. The molecule has 0 spiro atoms. The third-order valence-corrected chi connectivity index (χ3v) is 2.91. The average molecular weight is 246 g/mol. The minimum atomic E-state index is -0.103. The number of aliphatic hydroxyl groups excluding tert-OH is 1. The van der Waals surface area contributed by atoms with Gasteiger partial charge in [0.2, 0.25) is 0 Å². The maximum atomic E-state index is 8.60. The van der Waals surface area contributed by atoms with Gasteiger partial charge in [-0.05, 0) is 24.1 Å². The van der Waals surface area contributed by atoms with Crippen LogP contribution in [0.3, 0.4) is 0 Å². The number of ether oxygens (including phenoxy) is 2. The molecule has 1 fully saturated rings. The largest absolute Gasteiger partial charge is 0.384 e. The van der Waals surface area contributed by atoms with Crippen LogP contribution in [0.4, 0.5) is 0 Å². The van der Waals surface area contributed by atoms with E-state index in [4.69, 9.17) is 14.6 Å². The molecule has 1 N–H and O–H groups in total. The quantitative estimate of drug-likeness (QED) is 0.820. The zero-order valence-corrected chi connectivity index (χ0v) is 10.4. The van der Waals surface area contributed by atoms with E-state index in [0.29, 0.717) is 12.5 Å². The maximum absolute atomic E-state index is 8.60. The summed E-state index contributed by atoms with van der Waals surface area (Å²) in [4.78, 5) is 0. The molecule has 1 atom stereocenters. The molecule has 1 aromatic carbocycles. The van der Waals surface area contributed by atoms with Crippen LogP contribution < -0.4 is 0 Å². The SMILES string of the molecule is OCC#Cc1ccc(COCC2CCOC2)cc1. The molecule has 0 radical (unpaired) electrons. The van der Waals surface area contributed by atoms with Crippen molar-refractivity contribution < 1.29 is 14.6 Å². The first-order valence-electron chi connectivity index (χ1n) is 6.22. The normalized spacial score (nSPS) is 18.4. The van der Waals surface area contributed by atoms with E-state index in [0.717, 1.165) is 37.4 Å². The first kappa shape index (κ1) is 13.1. The first-order valence-corrected chi connectivity index (χ1v) is 6.22. The fourth-order valence-electron chi connectivity index (χ4n) is 1.88.